The van der Waals surface area contributed by atoms with Gasteiger partial charge in [-0.15, -0.1) is 15.0 Å². The molecule has 0 unspecified atom stereocenters. The molecule has 1 saturated heterocycles. The van der Waals surface area contributed by atoms with Gasteiger partial charge in [0.2, 0.25) is 0 Å². The number of aromatic nitrogens is 3. The maximum atomic E-state index is 11.2. The number of phenolic OH excluding ortho intramolecular Hbond substituents is 1. The van der Waals surface area contributed by atoms with Crippen LogP contribution in [0.2, 0.25) is 5.02 Å². The van der Waals surface area contributed by atoms with E-state index in [4.69, 9.17) is 20.9 Å². The third kappa shape index (κ3) is 3.49. The number of hydrogen-bond acceptors (Lipinski definition) is 5. The van der Waals surface area contributed by atoms with Crippen molar-refractivity contribution in [2.24, 2.45) is 0 Å². The summed E-state index contributed by atoms with van der Waals surface area (Å²) in [6.45, 7) is 14.3. The van der Waals surface area contributed by atoms with Gasteiger partial charge < -0.3 is 14.4 Å². The average molecular weight is 428 g/mol. The molecule has 4 rings (SSSR count). The Hall–Kier alpha value is -2.09. The van der Waals surface area contributed by atoms with Crippen molar-refractivity contribution in [1.82, 2.24) is 15.0 Å². The van der Waals surface area contributed by atoms with E-state index in [0.29, 0.717) is 27.2 Å². The summed E-state index contributed by atoms with van der Waals surface area (Å²) in [6, 6.07) is 9.18. The van der Waals surface area contributed by atoms with Gasteiger partial charge in [-0.1, -0.05) is 38.4 Å². The molecule has 0 spiro atoms. The Balaban J connectivity index is 1.90. The Morgan fingerprint density at radius 3 is 2.17 bits per heavy atom. The van der Waals surface area contributed by atoms with E-state index in [-0.39, 0.29) is 11.2 Å². The Morgan fingerprint density at radius 1 is 0.967 bits per heavy atom. The normalized spacial score (nSPS) is 18.3. The van der Waals surface area contributed by atoms with Gasteiger partial charge in [0.05, 0.1) is 11.2 Å². The number of halogens is 1. The summed E-state index contributed by atoms with van der Waals surface area (Å²) in [5.74, 6) is 0.0351. The number of hydrogen-bond donors (Lipinski definition) is 1. The molecule has 2 aromatic carbocycles. The Bertz CT molecular complexity index is 1120. The summed E-state index contributed by atoms with van der Waals surface area (Å²) in [7, 11) is -0.699. The minimum Gasteiger partial charge on any atom is -0.506 e. The van der Waals surface area contributed by atoms with Gasteiger partial charge >= 0.3 is 7.12 Å². The van der Waals surface area contributed by atoms with Crippen molar-refractivity contribution < 1.29 is 14.4 Å². The number of benzene rings is 2. The standard InChI is InChI=1S/C22H27BClN3O3/c1-20(2,3)13-10-15(23-29-21(4,5)22(6,7)30-23)19(28)18(11-13)27-25-16-9-8-14(24)12-17(16)26-27/h8-12,28H,1-7H3. The first-order chi connectivity index (χ1) is 13.8. The van der Waals surface area contributed by atoms with Crippen LogP contribution in [0.1, 0.15) is 54.0 Å². The fraction of sp³-hybridized carbons (Fsp3) is 0.455. The zero-order chi connectivity index (χ0) is 22.1. The molecule has 0 bridgehead atoms. The maximum absolute atomic E-state index is 11.2. The van der Waals surface area contributed by atoms with Crippen LogP contribution in [0.15, 0.2) is 30.3 Å². The highest BCUT2D eigenvalue weighted by Gasteiger charge is 2.52. The lowest BCUT2D eigenvalue weighted by Gasteiger charge is -2.32. The number of phenols is 1. The quantitative estimate of drug-likeness (QED) is 0.615. The van der Waals surface area contributed by atoms with Gasteiger partial charge in [-0.2, -0.15) is 0 Å². The molecular formula is C22H27BClN3O3. The third-order valence-corrected chi connectivity index (χ3v) is 6.29. The van der Waals surface area contributed by atoms with Crippen molar-refractivity contribution in [3.05, 3.63) is 40.9 Å². The highest BCUT2D eigenvalue weighted by molar-refractivity contribution is 6.63. The molecule has 8 heteroatoms. The molecule has 30 heavy (non-hydrogen) atoms. The van der Waals surface area contributed by atoms with Crippen LogP contribution in [0.5, 0.6) is 5.75 Å². The second kappa shape index (κ2) is 6.71. The molecule has 1 N–H and O–H groups in total. The minimum absolute atomic E-state index is 0.0351. The van der Waals surface area contributed by atoms with E-state index in [0.717, 1.165) is 5.56 Å². The molecule has 0 aliphatic carbocycles. The lowest BCUT2D eigenvalue weighted by Crippen LogP contribution is -2.41. The van der Waals surface area contributed by atoms with E-state index < -0.39 is 18.3 Å². The van der Waals surface area contributed by atoms with Crippen LogP contribution in [-0.4, -0.2) is 38.4 Å². The molecule has 6 nitrogen and oxygen atoms in total. The van der Waals surface area contributed by atoms with E-state index in [1.54, 1.807) is 18.2 Å². The van der Waals surface area contributed by atoms with Crippen molar-refractivity contribution >= 4 is 35.2 Å². The zero-order valence-corrected chi connectivity index (χ0v) is 19.2. The Morgan fingerprint density at radius 2 is 1.57 bits per heavy atom. The van der Waals surface area contributed by atoms with Crippen LogP contribution >= 0.6 is 11.6 Å². The zero-order valence-electron chi connectivity index (χ0n) is 18.4. The van der Waals surface area contributed by atoms with Gasteiger partial charge in [0, 0.05) is 10.5 Å². The fourth-order valence-electron chi connectivity index (χ4n) is 3.37. The van der Waals surface area contributed by atoms with Crippen LogP contribution in [0.25, 0.3) is 16.7 Å². The van der Waals surface area contributed by atoms with Gasteiger partial charge in [0.15, 0.2) is 0 Å². The van der Waals surface area contributed by atoms with Gasteiger partial charge in [-0.3, -0.25) is 0 Å². The molecule has 1 aliphatic heterocycles. The molecule has 2 heterocycles. The van der Waals surface area contributed by atoms with E-state index in [1.165, 1.54) is 4.80 Å². The van der Waals surface area contributed by atoms with Crippen LogP contribution in [0.4, 0.5) is 0 Å². The van der Waals surface area contributed by atoms with Crippen molar-refractivity contribution in [3.8, 4) is 11.4 Å². The van der Waals surface area contributed by atoms with E-state index in [2.05, 4.69) is 31.0 Å². The summed E-state index contributed by atoms with van der Waals surface area (Å²) < 4.78 is 12.4. The monoisotopic (exact) mass is 427 g/mol. The average Bonchev–Trinajstić information content (AvgIpc) is 3.11. The van der Waals surface area contributed by atoms with Crippen molar-refractivity contribution in [3.63, 3.8) is 0 Å². The largest absolute Gasteiger partial charge is 0.506 e. The maximum Gasteiger partial charge on any atom is 0.498 e. The van der Waals surface area contributed by atoms with E-state index in [1.807, 2.05) is 39.8 Å². The van der Waals surface area contributed by atoms with Crippen molar-refractivity contribution in [1.29, 1.82) is 0 Å². The summed E-state index contributed by atoms with van der Waals surface area (Å²) >= 11 is 6.10. The number of rotatable bonds is 2. The molecule has 1 fully saturated rings. The van der Waals surface area contributed by atoms with Crippen LogP contribution in [0, 0.1) is 0 Å². The summed E-state index contributed by atoms with van der Waals surface area (Å²) in [5.41, 5.74) is 2.19. The highest BCUT2D eigenvalue weighted by Crippen LogP contribution is 2.38. The molecule has 158 valence electrons. The van der Waals surface area contributed by atoms with E-state index in [9.17, 15) is 5.11 Å². The minimum atomic E-state index is -0.699. The van der Waals surface area contributed by atoms with Crippen LogP contribution in [-0.2, 0) is 14.7 Å². The van der Waals surface area contributed by atoms with Gasteiger partial charge in [0.25, 0.3) is 0 Å². The Kier molecular flexibility index (Phi) is 4.73. The first kappa shape index (κ1) is 21.2. The second-order valence-corrected chi connectivity index (χ2v) is 10.3. The highest BCUT2D eigenvalue weighted by atomic mass is 35.5. The van der Waals surface area contributed by atoms with Crippen LogP contribution in [0.3, 0.4) is 0 Å². The first-order valence-corrected chi connectivity index (χ1v) is 10.4. The lowest BCUT2D eigenvalue weighted by molar-refractivity contribution is 0.00578. The SMILES string of the molecule is CC(C)(C)c1cc(B2OC(C)(C)C(C)(C)O2)c(O)c(-n2nc3ccc(Cl)cc3n2)c1. The molecule has 0 atom stereocenters. The molecule has 0 amide bonds. The molecule has 0 saturated carbocycles. The molecule has 1 aromatic heterocycles. The third-order valence-electron chi connectivity index (χ3n) is 6.05. The predicted octanol–water partition coefficient (Wildman–Crippen LogP) is 4.38. The number of nitrogens with zero attached hydrogens (tertiary/aromatic N) is 3. The smallest absolute Gasteiger partial charge is 0.498 e. The predicted molar refractivity (Wildman–Crippen MR) is 120 cm³/mol. The fourth-order valence-corrected chi connectivity index (χ4v) is 3.54. The summed E-state index contributed by atoms with van der Waals surface area (Å²) in [6.07, 6.45) is 0. The van der Waals surface area contributed by atoms with Crippen molar-refractivity contribution in [2.45, 2.75) is 65.1 Å². The first-order valence-electron chi connectivity index (χ1n) is 10.0. The van der Waals surface area contributed by atoms with Crippen molar-refractivity contribution in [2.75, 3.05) is 0 Å². The van der Waals surface area contributed by atoms with Gasteiger partial charge in [0.1, 0.15) is 22.5 Å². The van der Waals surface area contributed by atoms with Crippen LogP contribution < -0.4 is 5.46 Å². The van der Waals surface area contributed by atoms with E-state index >= 15 is 0 Å². The van der Waals surface area contributed by atoms with Gasteiger partial charge in [-0.25, -0.2) is 0 Å². The number of fused-ring (bicyclic) bond motifs is 1. The number of aromatic hydroxyl groups is 1. The second-order valence-electron chi connectivity index (χ2n) is 9.89. The summed E-state index contributed by atoms with van der Waals surface area (Å²) in [5, 5.41) is 20.9. The lowest BCUT2D eigenvalue weighted by atomic mass is 9.74. The molecule has 3 aromatic rings. The van der Waals surface area contributed by atoms with Gasteiger partial charge in [-0.05, 0) is 62.9 Å². The molecule has 1 aliphatic rings. The molecular weight excluding hydrogens is 401 g/mol. The molecule has 0 radical (unpaired) electrons. The topological polar surface area (TPSA) is 69.4 Å². The Labute approximate surface area is 182 Å². The summed E-state index contributed by atoms with van der Waals surface area (Å²) in [4.78, 5) is 1.44.